The van der Waals surface area contributed by atoms with Crippen LogP contribution in [0.4, 0.5) is 0 Å². The summed E-state index contributed by atoms with van der Waals surface area (Å²) in [6.07, 6.45) is 3.71. The molecule has 0 spiro atoms. The van der Waals surface area contributed by atoms with Crippen LogP contribution in [0.2, 0.25) is 5.02 Å². The maximum atomic E-state index is 6.26. The Kier molecular flexibility index (Phi) is 4.73. The molecule has 0 unspecified atom stereocenters. The predicted molar refractivity (Wildman–Crippen MR) is 102 cm³/mol. The van der Waals surface area contributed by atoms with Gasteiger partial charge in [0.25, 0.3) is 0 Å². The van der Waals surface area contributed by atoms with E-state index in [-0.39, 0.29) is 0 Å². The Bertz CT molecular complexity index is 1030. The monoisotopic (exact) mass is 382 g/mol. The second kappa shape index (κ2) is 7.31. The second-order valence-electron chi connectivity index (χ2n) is 5.59. The minimum Gasteiger partial charge on any atom is -0.295 e. The molecule has 2 aromatic carbocycles. The first-order valence-electron chi connectivity index (χ1n) is 7.98. The molecule has 130 valence electrons. The molecular weight excluding hydrogens is 368 g/mol. The van der Waals surface area contributed by atoms with Crippen LogP contribution < -0.4 is 0 Å². The number of para-hydroxylation sites is 1. The summed E-state index contributed by atoms with van der Waals surface area (Å²) in [5.74, 6) is 1.36. The van der Waals surface area contributed by atoms with Gasteiger partial charge in [-0.15, -0.1) is 5.10 Å². The number of nitrogens with zero attached hydrogens (tertiary/aromatic N) is 6. The lowest BCUT2D eigenvalue weighted by Gasteiger charge is -2.11. The predicted octanol–water partition coefficient (Wildman–Crippen LogP) is 4.10. The Morgan fingerprint density at radius 3 is 2.77 bits per heavy atom. The van der Waals surface area contributed by atoms with E-state index in [2.05, 4.69) is 20.5 Å². The lowest BCUT2D eigenvalue weighted by Crippen LogP contribution is -2.03. The fourth-order valence-electron chi connectivity index (χ4n) is 2.63. The third-order valence-corrected chi connectivity index (χ3v) is 5.34. The lowest BCUT2D eigenvalue weighted by atomic mass is 10.2. The topological polar surface area (TPSA) is 61.4 Å². The third kappa shape index (κ3) is 3.23. The van der Waals surface area contributed by atoms with Crippen LogP contribution in [0.3, 0.4) is 0 Å². The molecule has 0 saturated heterocycles. The molecule has 6 nitrogen and oxygen atoms in total. The van der Waals surface area contributed by atoms with Gasteiger partial charge in [-0.25, -0.2) is 4.98 Å². The van der Waals surface area contributed by atoms with Crippen molar-refractivity contribution in [1.82, 2.24) is 29.8 Å². The largest absolute Gasteiger partial charge is 0.295 e. The molecule has 8 heteroatoms. The molecule has 26 heavy (non-hydrogen) atoms. The summed E-state index contributed by atoms with van der Waals surface area (Å²) >= 11 is 7.83. The maximum absolute atomic E-state index is 6.26. The number of imidazole rings is 1. The summed E-state index contributed by atoms with van der Waals surface area (Å²) in [6, 6.07) is 15.7. The van der Waals surface area contributed by atoms with E-state index in [4.69, 9.17) is 11.6 Å². The molecule has 2 aromatic heterocycles. The number of rotatable bonds is 5. The van der Waals surface area contributed by atoms with Gasteiger partial charge in [0.05, 0.1) is 17.1 Å². The Labute approximate surface area is 159 Å². The standard InChI is InChI=1S/C18H15ClN6S/c1-13-15(19)8-5-9-16(13)24-11-10-20-18(24)26-12-17-21-22-23-25(17)14-6-3-2-4-7-14/h2-11H,12H2,1H3. The number of benzene rings is 2. The third-order valence-electron chi connectivity index (χ3n) is 3.97. The molecule has 4 aromatic rings. The van der Waals surface area contributed by atoms with Crippen molar-refractivity contribution in [2.45, 2.75) is 17.8 Å². The highest BCUT2D eigenvalue weighted by Gasteiger charge is 2.13. The molecule has 0 atom stereocenters. The van der Waals surface area contributed by atoms with Crippen molar-refractivity contribution in [3.8, 4) is 11.4 Å². The van der Waals surface area contributed by atoms with E-state index < -0.39 is 0 Å². The van der Waals surface area contributed by atoms with Crippen LogP contribution in [0.1, 0.15) is 11.4 Å². The summed E-state index contributed by atoms with van der Waals surface area (Å²) in [7, 11) is 0. The first kappa shape index (κ1) is 16.8. The molecule has 0 aliphatic heterocycles. The molecule has 0 aliphatic carbocycles. The molecule has 0 bridgehead atoms. The Hall–Kier alpha value is -2.64. The van der Waals surface area contributed by atoms with Crippen LogP contribution in [0.25, 0.3) is 11.4 Å². The zero-order valence-electron chi connectivity index (χ0n) is 14.0. The molecule has 0 aliphatic rings. The molecule has 0 N–H and O–H groups in total. The zero-order valence-corrected chi connectivity index (χ0v) is 15.5. The van der Waals surface area contributed by atoms with Crippen molar-refractivity contribution < 1.29 is 0 Å². The van der Waals surface area contributed by atoms with Crippen molar-refractivity contribution in [3.05, 3.63) is 77.3 Å². The number of thioether (sulfide) groups is 1. The van der Waals surface area contributed by atoms with Crippen LogP contribution in [-0.2, 0) is 5.75 Å². The van der Waals surface area contributed by atoms with Gasteiger partial charge in [-0.3, -0.25) is 4.57 Å². The second-order valence-corrected chi connectivity index (χ2v) is 6.94. The van der Waals surface area contributed by atoms with Crippen molar-refractivity contribution in [1.29, 1.82) is 0 Å². The minimum absolute atomic E-state index is 0.596. The number of hydrogen-bond acceptors (Lipinski definition) is 5. The van der Waals surface area contributed by atoms with Gasteiger partial charge >= 0.3 is 0 Å². The molecule has 4 rings (SSSR count). The summed E-state index contributed by atoms with van der Waals surface area (Å²) in [6.45, 7) is 2.00. The average molecular weight is 383 g/mol. The van der Waals surface area contributed by atoms with Crippen molar-refractivity contribution >= 4 is 23.4 Å². The van der Waals surface area contributed by atoms with Gasteiger partial charge in [0.15, 0.2) is 11.0 Å². The molecule has 0 radical (unpaired) electrons. The normalized spacial score (nSPS) is 11.0. The van der Waals surface area contributed by atoms with E-state index in [9.17, 15) is 0 Å². The van der Waals surface area contributed by atoms with Crippen LogP contribution in [0.15, 0.2) is 66.1 Å². The van der Waals surface area contributed by atoms with E-state index in [1.807, 2.05) is 66.2 Å². The van der Waals surface area contributed by atoms with Gasteiger partial charge in [0.1, 0.15) is 0 Å². The van der Waals surface area contributed by atoms with Gasteiger partial charge in [0, 0.05) is 17.4 Å². The fraction of sp³-hybridized carbons (Fsp3) is 0.111. The van der Waals surface area contributed by atoms with Crippen LogP contribution >= 0.6 is 23.4 Å². The Balaban J connectivity index is 1.59. The molecule has 0 amide bonds. The fourth-order valence-corrected chi connectivity index (χ4v) is 3.67. The summed E-state index contributed by atoms with van der Waals surface area (Å²) < 4.78 is 3.77. The first-order chi connectivity index (χ1) is 12.7. The quantitative estimate of drug-likeness (QED) is 0.486. The van der Waals surface area contributed by atoms with Crippen molar-refractivity contribution in [3.63, 3.8) is 0 Å². The van der Waals surface area contributed by atoms with E-state index >= 15 is 0 Å². The summed E-state index contributed by atoms with van der Waals surface area (Å²) in [5, 5.41) is 13.6. The minimum atomic E-state index is 0.596. The van der Waals surface area contributed by atoms with Crippen LogP contribution in [-0.4, -0.2) is 29.8 Å². The van der Waals surface area contributed by atoms with Crippen molar-refractivity contribution in [2.24, 2.45) is 0 Å². The maximum Gasteiger partial charge on any atom is 0.173 e. The van der Waals surface area contributed by atoms with E-state index in [0.29, 0.717) is 5.75 Å². The highest BCUT2D eigenvalue weighted by molar-refractivity contribution is 7.98. The molecular formula is C18H15ClN6S. The number of halogens is 1. The number of aromatic nitrogens is 6. The van der Waals surface area contributed by atoms with Crippen molar-refractivity contribution in [2.75, 3.05) is 0 Å². The van der Waals surface area contributed by atoms with E-state index in [1.165, 1.54) is 0 Å². The summed E-state index contributed by atoms with van der Waals surface area (Å²) in [5.41, 5.74) is 2.96. The van der Waals surface area contributed by atoms with Gasteiger partial charge < -0.3 is 0 Å². The van der Waals surface area contributed by atoms with E-state index in [0.717, 1.165) is 32.9 Å². The van der Waals surface area contributed by atoms with Gasteiger partial charge in [-0.1, -0.05) is 47.6 Å². The average Bonchev–Trinajstić information content (AvgIpc) is 3.32. The first-order valence-corrected chi connectivity index (χ1v) is 9.34. The SMILES string of the molecule is Cc1c(Cl)cccc1-n1ccnc1SCc1nnnn1-c1ccccc1. The molecule has 0 fully saturated rings. The Morgan fingerprint density at radius 1 is 1.08 bits per heavy atom. The van der Waals surface area contributed by atoms with Gasteiger partial charge in [-0.05, 0) is 47.2 Å². The number of tetrazole rings is 1. The highest BCUT2D eigenvalue weighted by atomic mass is 35.5. The van der Waals surface area contributed by atoms with Gasteiger partial charge in [-0.2, -0.15) is 4.68 Å². The number of hydrogen-bond donors (Lipinski definition) is 0. The van der Waals surface area contributed by atoms with Crippen LogP contribution in [0.5, 0.6) is 0 Å². The molecule has 2 heterocycles. The lowest BCUT2D eigenvalue weighted by molar-refractivity contribution is 0.777. The van der Waals surface area contributed by atoms with Crippen LogP contribution in [0, 0.1) is 6.92 Å². The Morgan fingerprint density at radius 2 is 1.92 bits per heavy atom. The highest BCUT2D eigenvalue weighted by Crippen LogP contribution is 2.28. The van der Waals surface area contributed by atoms with Gasteiger partial charge in [0.2, 0.25) is 0 Å². The zero-order chi connectivity index (χ0) is 17.9. The molecule has 0 saturated carbocycles. The summed E-state index contributed by atoms with van der Waals surface area (Å²) in [4.78, 5) is 4.47. The smallest absolute Gasteiger partial charge is 0.173 e. The van der Waals surface area contributed by atoms with E-state index in [1.54, 1.807) is 22.6 Å².